The minimum Gasteiger partial charge on any atom is -0.390 e. The molecule has 2 aliphatic heterocycles. The van der Waals surface area contributed by atoms with Crippen molar-refractivity contribution in [1.29, 1.82) is 0 Å². The van der Waals surface area contributed by atoms with E-state index in [1.54, 1.807) is 11.8 Å². The van der Waals surface area contributed by atoms with Gasteiger partial charge in [0.05, 0.1) is 30.0 Å². The maximum Gasteiger partial charge on any atom is 0.237 e. The Morgan fingerprint density at radius 2 is 1.57 bits per heavy atom. The summed E-state index contributed by atoms with van der Waals surface area (Å²) in [6, 6.07) is 8.99. The first-order valence-corrected chi connectivity index (χ1v) is 16.4. The molecule has 2 aliphatic carbocycles. The second-order valence-electron chi connectivity index (χ2n) is 13.6. The van der Waals surface area contributed by atoms with Gasteiger partial charge in [0.25, 0.3) is 0 Å². The third kappa shape index (κ3) is 6.60. The number of aliphatic hydroxyl groups excluding tert-OH is 1. The molecule has 0 spiro atoms. The van der Waals surface area contributed by atoms with Crippen molar-refractivity contribution in [2.45, 2.75) is 107 Å². The molecule has 2 N–H and O–H groups in total. The summed E-state index contributed by atoms with van der Waals surface area (Å²) in [6.45, 7) is 7.04. The zero-order valence-electron chi connectivity index (χ0n) is 24.4. The highest BCUT2D eigenvalue weighted by Crippen LogP contribution is 2.41. The van der Waals surface area contributed by atoms with E-state index in [1.165, 1.54) is 17.7 Å². The molecule has 2 saturated heterocycles. The lowest BCUT2D eigenvalue weighted by Crippen LogP contribution is -2.60. The van der Waals surface area contributed by atoms with Crippen LogP contribution in [0.3, 0.4) is 0 Å². The fourth-order valence-corrected chi connectivity index (χ4v) is 8.64. The fourth-order valence-electron chi connectivity index (χ4n) is 7.56. The summed E-state index contributed by atoms with van der Waals surface area (Å²) < 4.78 is 0. The molecule has 7 nitrogen and oxygen atoms in total. The van der Waals surface area contributed by atoms with E-state index in [0.29, 0.717) is 17.6 Å². The number of imide groups is 1. The van der Waals surface area contributed by atoms with Crippen LogP contribution in [-0.2, 0) is 14.4 Å². The summed E-state index contributed by atoms with van der Waals surface area (Å²) in [5.41, 5.74) is -0.343. The molecular weight excluding hydrogens is 522 g/mol. The lowest BCUT2D eigenvalue weighted by molar-refractivity contribution is -0.146. The van der Waals surface area contributed by atoms with Gasteiger partial charge in [-0.15, -0.1) is 11.8 Å². The van der Waals surface area contributed by atoms with E-state index in [2.05, 4.69) is 10.2 Å². The minimum atomic E-state index is -0.936. The monoisotopic (exact) mass is 569 g/mol. The Morgan fingerprint density at radius 1 is 0.975 bits per heavy atom. The average molecular weight is 570 g/mol. The summed E-state index contributed by atoms with van der Waals surface area (Å²) in [4.78, 5) is 45.4. The fraction of sp³-hybridized carbons (Fsp3) is 0.719. The minimum absolute atomic E-state index is 0.0123. The molecule has 0 radical (unpaired) electrons. The third-order valence-corrected chi connectivity index (χ3v) is 10.7. The lowest BCUT2D eigenvalue weighted by Gasteiger charge is -2.47. The van der Waals surface area contributed by atoms with Gasteiger partial charge in [-0.25, -0.2) is 0 Å². The number of carbonyl (C=O) groups is 3. The van der Waals surface area contributed by atoms with E-state index >= 15 is 0 Å². The SMILES string of the molecule is CC(C)(C)NC(=O)[C@@H]1CC2CCCCC2CN1CC(O)C(CSc1ccccc1)N1C(=O)C2CCCCC2C1=O. The number of fused-ring (bicyclic) bond motifs is 2. The van der Waals surface area contributed by atoms with Crippen LogP contribution in [-0.4, -0.2) is 75.2 Å². The van der Waals surface area contributed by atoms with Crippen LogP contribution in [0.2, 0.25) is 0 Å². The zero-order chi connectivity index (χ0) is 28.4. The van der Waals surface area contributed by atoms with Crippen molar-refractivity contribution in [3.05, 3.63) is 30.3 Å². The summed E-state index contributed by atoms with van der Waals surface area (Å²) in [5, 5.41) is 15.0. The van der Waals surface area contributed by atoms with Gasteiger partial charge in [0, 0.05) is 29.3 Å². The second-order valence-corrected chi connectivity index (χ2v) is 14.6. The van der Waals surface area contributed by atoms with Crippen LogP contribution in [0.5, 0.6) is 0 Å². The highest BCUT2D eigenvalue weighted by atomic mass is 32.2. The van der Waals surface area contributed by atoms with E-state index in [4.69, 9.17) is 0 Å². The van der Waals surface area contributed by atoms with Crippen molar-refractivity contribution in [1.82, 2.24) is 15.1 Å². The van der Waals surface area contributed by atoms with Crippen molar-refractivity contribution >= 4 is 29.5 Å². The molecule has 0 bridgehead atoms. The number of thioether (sulfide) groups is 1. The Hall–Kier alpha value is -1.90. The summed E-state index contributed by atoms with van der Waals surface area (Å²) >= 11 is 1.57. The molecule has 40 heavy (non-hydrogen) atoms. The highest BCUT2D eigenvalue weighted by Gasteiger charge is 2.52. The first kappa shape index (κ1) is 29.6. The number of nitrogens with one attached hydrogen (secondary N) is 1. The van der Waals surface area contributed by atoms with Crippen LogP contribution in [0.1, 0.15) is 78.6 Å². The number of β-amino-alcohol motifs (C(OH)–C–C–N with tert-alkyl or cyclic N) is 1. The quantitative estimate of drug-likeness (QED) is 0.355. The van der Waals surface area contributed by atoms with E-state index in [-0.39, 0.29) is 47.7 Å². The van der Waals surface area contributed by atoms with Crippen LogP contribution in [0.4, 0.5) is 0 Å². The number of carbonyl (C=O) groups excluding carboxylic acids is 3. The predicted molar refractivity (Wildman–Crippen MR) is 158 cm³/mol. The highest BCUT2D eigenvalue weighted by molar-refractivity contribution is 7.99. The molecule has 2 saturated carbocycles. The topological polar surface area (TPSA) is 90.0 Å². The molecular formula is C32H47N3O4S. The molecule has 8 heteroatoms. The molecule has 7 atom stereocenters. The van der Waals surface area contributed by atoms with Crippen LogP contribution in [0.15, 0.2) is 35.2 Å². The van der Waals surface area contributed by atoms with E-state index in [0.717, 1.165) is 56.4 Å². The second kappa shape index (κ2) is 12.5. The third-order valence-electron chi connectivity index (χ3n) is 9.54. The number of piperidine rings is 1. The number of nitrogens with zero attached hydrogens (tertiary/aromatic N) is 2. The normalized spacial score (nSPS) is 30.9. The van der Waals surface area contributed by atoms with Gasteiger partial charge in [-0.05, 0) is 70.4 Å². The molecule has 0 aromatic heterocycles. The van der Waals surface area contributed by atoms with E-state index < -0.39 is 12.1 Å². The summed E-state index contributed by atoms with van der Waals surface area (Å²) in [6.07, 6.45) is 8.07. The summed E-state index contributed by atoms with van der Waals surface area (Å²) in [5.74, 6) is 0.781. The van der Waals surface area contributed by atoms with Crippen molar-refractivity contribution in [2.75, 3.05) is 18.8 Å². The first-order valence-electron chi connectivity index (χ1n) is 15.4. The molecule has 1 aromatic rings. The van der Waals surface area contributed by atoms with Crippen LogP contribution >= 0.6 is 11.8 Å². The van der Waals surface area contributed by atoms with Gasteiger partial charge in [-0.2, -0.15) is 0 Å². The van der Waals surface area contributed by atoms with Gasteiger partial charge in [-0.3, -0.25) is 24.2 Å². The molecule has 4 aliphatic rings. The molecule has 2 heterocycles. The summed E-state index contributed by atoms with van der Waals surface area (Å²) in [7, 11) is 0. The van der Waals surface area contributed by atoms with Gasteiger partial charge in [0.15, 0.2) is 0 Å². The Labute approximate surface area is 243 Å². The van der Waals surface area contributed by atoms with Crippen LogP contribution in [0, 0.1) is 23.7 Å². The van der Waals surface area contributed by atoms with Gasteiger partial charge in [0.2, 0.25) is 17.7 Å². The number of aliphatic hydroxyl groups is 1. The van der Waals surface area contributed by atoms with Crippen molar-refractivity contribution in [2.24, 2.45) is 23.7 Å². The van der Waals surface area contributed by atoms with E-state index in [9.17, 15) is 19.5 Å². The largest absolute Gasteiger partial charge is 0.390 e. The van der Waals surface area contributed by atoms with Gasteiger partial charge >= 0.3 is 0 Å². The van der Waals surface area contributed by atoms with E-state index in [1.807, 2.05) is 51.1 Å². The van der Waals surface area contributed by atoms with Crippen LogP contribution in [0.25, 0.3) is 0 Å². The van der Waals surface area contributed by atoms with Crippen LogP contribution < -0.4 is 5.32 Å². The number of hydrogen-bond donors (Lipinski definition) is 2. The first-order chi connectivity index (χ1) is 19.1. The molecule has 6 unspecified atom stereocenters. The van der Waals surface area contributed by atoms with Gasteiger partial charge < -0.3 is 10.4 Å². The van der Waals surface area contributed by atoms with Gasteiger partial charge in [0.1, 0.15) is 0 Å². The molecule has 1 aromatic carbocycles. The number of rotatable bonds is 8. The van der Waals surface area contributed by atoms with Crippen molar-refractivity contribution in [3.8, 4) is 0 Å². The molecule has 4 fully saturated rings. The standard InChI is InChI=1S/C32H47N3O4S/c1-32(2,3)33-29(37)26-17-21-11-7-8-12-22(21)18-34(26)19-28(36)27(20-40-23-13-5-4-6-14-23)35-30(38)24-15-9-10-16-25(24)31(35)39/h4-6,13-14,21-22,24-28,36H,7-12,15-20H2,1-3H3,(H,33,37)/t21?,22?,24?,25?,26-,27?,28?/m0/s1. The number of likely N-dealkylation sites (tertiary alicyclic amines) is 2. The van der Waals surface area contributed by atoms with Gasteiger partial charge in [-0.1, -0.05) is 50.3 Å². The molecule has 5 rings (SSSR count). The number of benzene rings is 1. The smallest absolute Gasteiger partial charge is 0.237 e. The average Bonchev–Trinajstić information content (AvgIpc) is 3.18. The Bertz CT molecular complexity index is 1040. The molecule has 3 amide bonds. The number of amides is 3. The zero-order valence-corrected chi connectivity index (χ0v) is 25.2. The number of hydrogen-bond acceptors (Lipinski definition) is 6. The maximum atomic E-state index is 13.6. The van der Waals surface area contributed by atoms with Crippen molar-refractivity contribution in [3.63, 3.8) is 0 Å². The predicted octanol–water partition coefficient (Wildman–Crippen LogP) is 4.48. The Balaban J connectivity index is 1.38. The Morgan fingerprint density at radius 3 is 2.20 bits per heavy atom. The van der Waals surface area contributed by atoms with Crippen molar-refractivity contribution < 1.29 is 19.5 Å². The maximum absolute atomic E-state index is 13.6. The Kier molecular flexibility index (Phi) is 9.27. The lowest BCUT2D eigenvalue weighted by atomic mass is 9.72. The molecule has 220 valence electrons.